The number of carbonyl (C=O) groups excluding carboxylic acids is 2. The van der Waals surface area contributed by atoms with Crippen LogP contribution in [0.4, 0.5) is 0 Å². The lowest BCUT2D eigenvalue weighted by Gasteiger charge is -2.09. The van der Waals surface area contributed by atoms with Gasteiger partial charge in [-0.3, -0.25) is 9.59 Å². The van der Waals surface area contributed by atoms with Crippen molar-refractivity contribution in [2.75, 3.05) is 13.1 Å². The third-order valence-electron chi connectivity index (χ3n) is 2.78. The number of rotatable bonds is 7. The third-order valence-corrected chi connectivity index (χ3v) is 2.78. The van der Waals surface area contributed by atoms with Crippen LogP contribution in [0.2, 0.25) is 0 Å². The van der Waals surface area contributed by atoms with Gasteiger partial charge in [-0.05, 0) is 17.0 Å². The first-order chi connectivity index (χ1) is 9.51. The molecule has 0 saturated heterocycles. The Labute approximate surface area is 119 Å². The Hall–Kier alpha value is -1.88. The van der Waals surface area contributed by atoms with E-state index in [1.54, 1.807) is 0 Å². The molecule has 0 aliphatic carbocycles. The highest BCUT2D eigenvalue weighted by atomic mass is 16.2. The van der Waals surface area contributed by atoms with Crippen molar-refractivity contribution in [3.05, 3.63) is 35.4 Å². The van der Waals surface area contributed by atoms with Crippen molar-refractivity contribution < 1.29 is 9.59 Å². The minimum absolute atomic E-state index is 0.0203. The Bertz CT molecular complexity index is 441. The summed E-state index contributed by atoms with van der Waals surface area (Å²) < 4.78 is 0. The van der Waals surface area contributed by atoms with Gasteiger partial charge < -0.3 is 16.4 Å². The van der Waals surface area contributed by atoms with Gasteiger partial charge in [0.25, 0.3) is 0 Å². The third kappa shape index (κ3) is 6.33. The highest BCUT2D eigenvalue weighted by Gasteiger charge is 2.06. The maximum atomic E-state index is 11.7. The smallest absolute Gasteiger partial charge is 0.239 e. The lowest BCUT2D eigenvalue weighted by atomic mass is 10.1. The fraction of sp³-hybridized carbons (Fsp3) is 0.467. The molecule has 0 aliphatic rings. The zero-order valence-electron chi connectivity index (χ0n) is 12.1. The molecule has 0 radical (unpaired) electrons. The van der Waals surface area contributed by atoms with E-state index in [1.807, 2.05) is 38.1 Å². The summed E-state index contributed by atoms with van der Waals surface area (Å²) in [6.45, 7) is 5.16. The van der Waals surface area contributed by atoms with Crippen molar-refractivity contribution in [1.82, 2.24) is 10.6 Å². The second-order valence-electron chi connectivity index (χ2n) is 5.17. The zero-order chi connectivity index (χ0) is 15.0. The summed E-state index contributed by atoms with van der Waals surface area (Å²) >= 11 is 0. The molecule has 20 heavy (non-hydrogen) atoms. The molecule has 0 heterocycles. The molecule has 4 N–H and O–H groups in total. The lowest BCUT2D eigenvalue weighted by molar-refractivity contribution is -0.125. The van der Waals surface area contributed by atoms with E-state index in [9.17, 15) is 9.59 Å². The first-order valence-corrected chi connectivity index (χ1v) is 6.82. The van der Waals surface area contributed by atoms with Crippen LogP contribution in [-0.2, 0) is 22.6 Å². The molecule has 0 aliphatic heterocycles. The topological polar surface area (TPSA) is 84.2 Å². The van der Waals surface area contributed by atoms with Gasteiger partial charge in [-0.1, -0.05) is 38.1 Å². The quantitative estimate of drug-likeness (QED) is 0.681. The number of amides is 2. The number of benzene rings is 1. The summed E-state index contributed by atoms with van der Waals surface area (Å²) in [5, 5.41) is 5.36. The molecule has 0 bridgehead atoms. The molecule has 1 aromatic carbocycles. The maximum Gasteiger partial charge on any atom is 0.239 e. The summed E-state index contributed by atoms with van der Waals surface area (Å²) in [6.07, 6.45) is 0.266. The lowest BCUT2D eigenvalue weighted by Crippen LogP contribution is -2.38. The van der Waals surface area contributed by atoms with Crippen LogP contribution in [0.3, 0.4) is 0 Å². The number of hydrogen-bond acceptors (Lipinski definition) is 3. The molecule has 5 heteroatoms. The van der Waals surface area contributed by atoms with Crippen molar-refractivity contribution in [2.24, 2.45) is 11.7 Å². The summed E-state index contributed by atoms with van der Waals surface area (Å²) in [4.78, 5) is 23.1. The molecule has 1 aromatic rings. The van der Waals surface area contributed by atoms with Crippen molar-refractivity contribution in [3.63, 3.8) is 0 Å². The van der Waals surface area contributed by atoms with E-state index in [2.05, 4.69) is 10.6 Å². The highest BCUT2D eigenvalue weighted by molar-refractivity contribution is 5.85. The summed E-state index contributed by atoms with van der Waals surface area (Å²) in [6, 6.07) is 7.55. The van der Waals surface area contributed by atoms with Crippen LogP contribution < -0.4 is 16.4 Å². The second kappa shape index (κ2) is 8.32. The number of nitrogens with one attached hydrogen (secondary N) is 2. The van der Waals surface area contributed by atoms with Crippen LogP contribution >= 0.6 is 0 Å². The molecule has 0 aromatic heterocycles. The van der Waals surface area contributed by atoms with Crippen LogP contribution in [0.1, 0.15) is 25.0 Å². The number of nitrogens with two attached hydrogens (primary N) is 1. The van der Waals surface area contributed by atoms with E-state index in [1.165, 1.54) is 0 Å². The molecule has 1 rings (SSSR count). The molecule has 5 nitrogen and oxygen atoms in total. The van der Waals surface area contributed by atoms with Gasteiger partial charge >= 0.3 is 0 Å². The molecule has 0 unspecified atom stereocenters. The van der Waals surface area contributed by atoms with E-state index < -0.39 is 0 Å². The summed E-state index contributed by atoms with van der Waals surface area (Å²) in [5.41, 5.74) is 7.44. The Kier molecular flexibility index (Phi) is 6.73. The van der Waals surface area contributed by atoms with Gasteiger partial charge in [-0.25, -0.2) is 0 Å². The Morgan fingerprint density at radius 3 is 2.20 bits per heavy atom. The standard InChI is InChI=1S/C15H23N3O2/c1-11(2)9-17-15(20)10-18-14(19)7-12-3-5-13(8-16)6-4-12/h3-6,11H,7-10,16H2,1-2H3,(H,17,20)(H,18,19). The van der Waals surface area contributed by atoms with Gasteiger partial charge in [-0.15, -0.1) is 0 Å². The molecule has 0 spiro atoms. The SMILES string of the molecule is CC(C)CNC(=O)CNC(=O)Cc1ccc(CN)cc1. The fourth-order valence-electron chi connectivity index (χ4n) is 1.60. The summed E-state index contributed by atoms with van der Waals surface area (Å²) in [7, 11) is 0. The van der Waals surface area contributed by atoms with Gasteiger partial charge in [0, 0.05) is 13.1 Å². The van der Waals surface area contributed by atoms with Crippen molar-refractivity contribution in [1.29, 1.82) is 0 Å². The van der Waals surface area contributed by atoms with E-state index in [4.69, 9.17) is 5.73 Å². The maximum absolute atomic E-state index is 11.7. The van der Waals surface area contributed by atoms with Gasteiger partial charge in [0.1, 0.15) is 0 Å². The first-order valence-electron chi connectivity index (χ1n) is 6.82. The van der Waals surface area contributed by atoms with Gasteiger partial charge in [0.15, 0.2) is 0 Å². The molecular weight excluding hydrogens is 254 g/mol. The number of hydrogen-bond donors (Lipinski definition) is 3. The fourth-order valence-corrected chi connectivity index (χ4v) is 1.60. The Morgan fingerprint density at radius 1 is 1.05 bits per heavy atom. The van der Waals surface area contributed by atoms with Gasteiger partial charge in [-0.2, -0.15) is 0 Å². The average molecular weight is 277 g/mol. The van der Waals surface area contributed by atoms with Gasteiger partial charge in [0.05, 0.1) is 13.0 Å². The van der Waals surface area contributed by atoms with Crippen LogP contribution in [0, 0.1) is 5.92 Å². The van der Waals surface area contributed by atoms with Crippen LogP contribution in [-0.4, -0.2) is 24.9 Å². The number of carbonyl (C=O) groups is 2. The normalized spacial score (nSPS) is 10.4. The van der Waals surface area contributed by atoms with E-state index in [-0.39, 0.29) is 24.8 Å². The highest BCUT2D eigenvalue weighted by Crippen LogP contribution is 2.04. The molecule has 110 valence electrons. The van der Waals surface area contributed by atoms with Gasteiger partial charge in [0.2, 0.25) is 11.8 Å². The Balaban J connectivity index is 2.30. The summed E-state index contributed by atoms with van der Waals surface area (Å²) in [5.74, 6) is 0.0754. The predicted octanol–water partition coefficient (Wildman–Crippen LogP) is 0.576. The van der Waals surface area contributed by atoms with Crippen LogP contribution in [0.5, 0.6) is 0 Å². The van der Waals surface area contributed by atoms with E-state index in [0.717, 1.165) is 11.1 Å². The molecule has 2 amide bonds. The monoisotopic (exact) mass is 277 g/mol. The van der Waals surface area contributed by atoms with E-state index >= 15 is 0 Å². The van der Waals surface area contributed by atoms with Crippen LogP contribution in [0.25, 0.3) is 0 Å². The second-order valence-corrected chi connectivity index (χ2v) is 5.17. The molecule has 0 atom stereocenters. The largest absolute Gasteiger partial charge is 0.354 e. The van der Waals surface area contributed by atoms with Crippen molar-refractivity contribution >= 4 is 11.8 Å². The first kappa shape index (κ1) is 16.2. The van der Waals surface area contributed by atoms with Crippen molar-refractivity contribution in [2.45, 2.75) is 26.8 Å². The predicted molar refractivity (Wildman–Crippen MR) is 78.9 cm³/mol. The van der Waals surface area contributed by atoms with Crippen molar-refractivity contribution in [3.8, 4) is 0 Å². The molecule has 0 fully saturated rings. The zero-order valence-corrected chi connectivity index (χ0v) is 12.1. The minimum Gasteiger partial charge on any atom is -0.354 e. The molecule has 0 saturated carbocycles. The van der Waals surface area contributed by atoms with Crippen LogP contribution in [0.15, 0.2) is 24.3 Å². The minimum atomic E-state index is -0.162. The Morgan fingerprint density at radius 2 is 1.65 bits per heavy atom. The molecular formula is C15H23N3O2. The average Bonchev–Trinajstić information content (AvgIpc) is 2.43. The van der Waals surface area contributed by atoms with E-state index in [0.29, 0.717) is 19.0 Å².